The van der Waals surface area contributed by atoms with Crippen molar-refractivity contribution >= 4 is 5.82 Å². The van der Waals surface area contributed by atoms with Crippen molar-refractivity contribution in [2.75, 3.05) is 24.5 Å². The quantitative estimate of drug-likeness (QED) is 0.828. The van der Waals surface area contributed by atoms with Crippen LogP contribution in [0.1, 0.15) is 19.5 Å². The Hall–Kier alpha value is -1.16. The van der Waals surface area contributed by atoms with Gasteiger partial charge in [-0.2, -0.15) is 0 Å². The van der Waals surface area contributed by atoms with Crippen molar-refractivity contribution in [2.24, 2.45) is 11.8 Å². The van der Waals surface area contributed by atoms with Crippen LogP contribution in [-0.4, -0.2) is 35.6 Å². The minimum atomic E-state index is 0.592. The third-order valence-corrected chi connectivity index (χ3v) is 4.30. The van der Waals surface area contributed by atoms with E-state index in [1.807, 2.05) is 0 Å². The van der Waals surface area contributed by atoms with Crippen LogP contribution in [0, 0.1) is 11.8 Å². The SMILES string of the molecule is CCc1cc(N2CC3CNCC3C2C)ncn1. The minimum Gasteiger partial charge on any atom is -0.353 e. The lowest BCUT2D eigenvalue weighted by Crippen LogP contribution is -2.33. The number of hydrogen-bond donors (Lipinski definition) is 1. The molecular formula is C13H20N4. The molecule has 3 atom stereocenters. The summed E-state index contributed by atoms with van der Waals surface area (Å²) in [5.41, 5.74) is 1.14. The first-order chi connectivity index (χ1) is 8.29. The Kier molecular flexibility index (Phi) is 2.74. The van der Waals surface area contributed by atoms with Crippen LogP contribution in [0.25, 0.3) is 0 Å². The average Bonchev–Trinajstić information content (AvgIpc) is 2.93. The second-order valence-electron chi connectivity index (χ2n) is 5.20. The second kappa shape index (κ2) is 4.26. The van der Waals surface area contributed by atoms with Crippen molar-refractivity contribution in [3.63, 3.8) is 0 Å². The summed E-state index contributed by atoms with van der Waals surface area (Å²) in [5.74, 6) is 2.69. The van der Waals surface area contributed by atoms with E-state index in [0.29, 0.717) is 6.04 Å². The summed E-state index contributed by atoms with van der Waals surface area (Å²) in [4.78, 5) is 11.2. The molecule has 1 aromatic rings. The molecular weight excluding hydrogens is 212 g/mol. The smallest absolute Gasteiger partial charge is 0.132 e. The molecule has 1 N–H and O–H groups in total. The van der Waals surface area contributed by atoms with Crippen LogP contribution in [0.15, 0.2) is 12.4 Å². The first-order valence-corrected chi connectivity index (χ1v) is 6.58. The second-order valence-corrected chi connectivity index (χ2v) is 5.20. The van der Waals surface area contributed by atoms with E-state index < -0.39 is 0 Å². The van der Waals surface area contributed by atoms with E-state index in [4.69, 9.17) is 0 Å². The van der Waals surface area contributed by atoms with Gasteiger partial charge in [0.15, 0.2) is 0 Å². The first-order valence-electron chi connectivity index (χ1n) is 6.58. The number of aromatic nitrogens is 2. The Morgan fingerprint density at radius 3 is 3.06 bits per heavy atom. The van der Waals surface area contributed by atoms with Gasteiger partial charge >= 0.3 is 0 Å². The zero-order valence-electron chi connectivity index (χ0n) is 10.6. The number of aryl methyl sites for hydroxylation is 1. The fraction of sp³-hybridized carbons (Fsp3) is 0.692. The Morgan fingerprint density at radius 2 is 2.29 bits per heavy atom. The van der Waals surface area contributed by atoms with Crippen LogP contribution in [0.4, 0.5) is 5.82 Å². The largest absolute Gasteiger partial charge is 0.353 e. The Bertz CT molecular complexity index is 406. The number of hydrogen-bond acceptors (Lipinski definition) is 4. The number of rotatable bonds is 2. The van der Waals surface area contributed by atoms with Gasteiger partial charge in [0.2, 0.25) is 0 Å². The predicted octanol–water partition coefficient (Wildman–Crippen LogP) is 1.08. The summed E-state index contributed by atoms with van der Waals surface area (Å²) < 4.78 is 0. The van der Waals surface area contributed by atoms with Crippen molar-refractivity contribution in [2.45, 2.75) is 26.3 Å². The van der Waals surface area contributed by atoms with Gasteiger partial charge in [-0.25, -0.2) is 9.97 Å². The molecule has 0 amide bonds. The third kappa shape index (κ3) is 1.80. The summed E-state index contributed by atoms with van der Waals surface area (Å²) >= 11 is 0. The average molecular weight is 232 g/mol. The van der Waals surface area contributed by atoms with Gasteiger partial charge in [-0.05, 0) is 25.2 Å². The van der Waals surface area contributed by atoms with Crippen LogP contribution in [0.5, 0.6) is 0 Å². The van der Waals surface area contributed by atoms with Crippen LogP contribution in [-0.2, 0) is 6.42 Å². The molecule has 0 spiro atoms. The van der Waals surface area contributed by atoms with Crippen molar-refractivity contribution in [1.29, 1.82) is 0 Å². The zero-order chi connectivity index (χ0) is 11.8. The van der Waals surface area contributed by atoms with Crippen LogP contribution >= 0.6 is 0 Å². The molecule has 0 radical (unpaired) electrons. The fourth-order valence-electron chi connectivity index (χ4n) is 3.21. The van der Waals surface area contributed by atoms with Gasteiger partial charge in [0, 0.05) is 37.4 Å². The molecule has 3 rings (SSSR count). The normalized spacial score (nSPS) is 31.9. The highest BCUT2D eigenvalue weighted by Crippen LogP contribution is 2.34. The monoisotopic (exact) mass is 232 g/mol. The molecule has 0 bridgehead atoms. The van der Waals surface area contributed by atoms with Gasteiger partial charge in [0.1, 0.15) is 12.1 Å². The molecule has 2 fully saturated rings. The molecule has 17 heavy (non-hydrogen) atoms. The van der Waals surface area contributed by atoms with Gasteiger partial charge in [0.05, 0.1) is 0 Å². The van der Waals surface area contributed by atoms with Gasteiger partial charge in [-0.15, -0.1) is 0 Å². The molecule has 4 heteroatoms. The third-order valence-electron chi connectivity index (χ3n) is 4.30. The summed E-state index contributed by atoms with van der Waals surface area (Å²) in [5, 5.41) is 3.49. The molecule has 0 aliphatic carbocycles. The molecule has 92 valence electrons. The van der Waals surface area contributed by atoms with Gasteiger partial charge in [0.25, 0.3) is 0 Å². The zero-order valence-corrected chi connectivity index (χ0v) is 10.6. The van der Waals surface area contributed by atoms with Gasteiger partial charge < -0.3 is 10.2 Å². The molecule has 3 unspecified atom stereocenters. The van der Waals surface area contributed by atoms with Gasteiger partial charge in [-0.3, -0.25) is 0 Å². The number of nitrogens with one attached hydrogen (secondary N) is 1. The lowest BCUT2D eigenvalue weighted by molar-refractivity contribution is 0.471. The molecule has 2 aliphatic rings. The standard InChI is InChI=1S/C13H20N4/c1-3-11-4-13(16-8-15-11)17-7-10-5-14-6-12(10)9(17)2/h4,8-10,12,14H,3,5-7H2,1-2H3. The number of nitrogens with zero attached hydrogens (tertiary/aromatic N) is 3. The summed E-state index contributed by atoms with van der Waals surface area (Å²) in [6.45, 7) is 7.92. The minimum absolute atomic E-state index is 0.592. The molecule has 2 saturated heterocycles. The highest BCUT2D eigenvalue weighted by Gasteiger charge is 2.42. The maximum absolute atomic E-state index is 4.44. The maximum atomic E-state index is 4.44. The summed E-state index contributed by atoms with van der Waals surface area (Å²) in [6.07, 6.45) is 2.68. The van der Waals surface area contributed by atoms with E-state index in [0.717, 1.165) is 49.4 Å². The number of fused-ring (bicyclic) bond motifs is 1. The Morgan fingerprint density at radius 1 is 1.41 bits per heavy atom. The molecule has 4 nitrogen and oxygen atoms in total. The van der Waals surface area contributed by atoms with E-state index in [9.17, 15) is 0 Å². The Balaban J connectivity index is 1.84. The highest BCUT2D eigenvalue weighted by molar-refractivity contribution is 5.42. The lowest BCUT2D eigenvalue weighted by atomic mass is 9.95. The molecule has 0 saturated carbocycles. The highest BCUT2D eigenvalue weighted by atomic mass is 15.3. The van der Waals surface area contributed by atoms with Crippen LogP contribution in [0.3, 0.4) is 0 Å². The fourth-order valence-corrected chi connectivity index (χ4v) is 3.21. The Labute approximate surface area is 102 Å². The van der Waals surface area contributed by atoms with Crippen LogP contribution in [0.2, 0.25) is 0 Å². The van der Waals surface area contributed by atoms with Gasteiger partial charge in [-0.1, -0.05) is 6.92 Å². The van der Waals surface area contributed by atoms with Crippen LogP contribution < -0.4 is 10.2 Å². The van der Waals surface area contributed by atoms with Crippen molar-refractivity contribution < 1.29 is 0 Å². The van der Waals surface area contributed by atoms with Crippen molar-refractivity contribution in [3.8, 4) is 0 Å². The summed E-state index contributed by atoms with van der Waals surface area (Å²) in [6, 6.07) is 2.74. The maximum Gasteiger partial charge on any atom is 0.132 e. The summed E-state index contributed by atoms with van der Waals surface area (Å²) in [7, 11) is 0. The molecule has 1 aromatic heterocycles. The molecule has 0 aromatic carbocycles. The van der Waals surface area contributed by atoms with E-state index in [1.165, 1.54) is 0 Å². The van der Waals surface area contributed by atoms with Crippen molar-refractivity contribution in [1.82, 2.24) is 15.3 Å². The van der Waals surface area contributed by atoms with E-state index in [2.05, 4.69) is 40.1 Å². The van der Waals surface area contributed by atoms with E-state index in [-0.39, 0.29) is 0 Å². The predicted molar refractivity (Wildman–Crippen MR) is 68.1 cm³/mol. The van der Waals surface area contributed by atoms with E-state index >= 15 is 0 Å². The number of anilines is 1. The van der Waals surface area contributed by atoms with E-state index in [1.54, 1.807) is 6.33 Å². The van der Waals surface area contributed by atoms with Crippen molar-refractivity contribution in [3.05, 3.63) is 18.1 Å². The first kappa shape index (κ1) is 11.0. The molecule has 2 aliphatic heterocycles. The lowest BCUT2D eigenvalue weighted by Gasteiger charge is -2.25. The molecule has 3 heterocycles. The topological polar surface area (TPSA) is 41.0 Å².